The number of hydrogen-bond acceptors (Lipinski definition) is 3. The fourth-order valence-electron chi connectivity index (χ4n) is 2.78. The van der Waals surface area contributed by atoms with Crippen LogP contribution in [0.25, 0.3) is 0 Å². The molecule has 28 heavy (non-hydrogen) atoms. The summed E-state index contributed by atoms with van der Waals surface area (Å²) < 4.78 is 5.52. The van der Waals surface area contributed by atoms with Gasteiger partial charge < -0.3 is 15.0 Å². The van der Waals surface area contributed by atoms with Crippen molar-refractivity contribution in [1.29, 1.82) is 0 Å². The molecule has 2 amide bonds. The highest BCUT2D eigenvalue weighted by Crippen LogP contribution is 2.25. The molecular weight excluding hydrogens is 352 g/mol. The van der Waals surface area contributed by atoms with Gasteiger partial charge >= 0.3 is 0 Å². The number of rotatable bonds is 8. The zero-order chi connectivity index (χ0) is 20.6. The summed E-state index contributed by atoms with van der Waals surface area (Å²) in [6, 6.07) is 17.4. The number of carbonyl (C=O) groups excluding carboxylic acids is 2. The lowest BCUT2D eigenvalue weighted by molar-refractivity contribution is -0.122. The van der Waals surface area contributed by atoms with Gasteiger partial charge in [-0.05, 0) is 35.2 Å². The standard InChI is InChI=1S/C23H30N2O3/c1-18(26)25(20-12-10-19(11-13-20)23(2,3)4)16-15-24-22(27)14-17-28-21-8-6-5-7-9-21/h5-13H,14-17H2,1-4H3,(H,24,27). The molecule has 5 heteroatoms. The summed E-state index contributed by atoms with van der Waals surface area (Å²) in [5.74, 6) is 0.601. The number of anilines is 1. The zero-order valence-corrected chi connectivity index (χ0v) is 17.2. The summed E-state index contributed by atoms with van der Waals surface area (Å²) in [6.45, 7) is 9.14. The maximum Gasteiger partial charge on any atom is 0.223 e. The van der Waals surface area contributed by atoms with Crippen LogP contribution in [0.5, 0.6) is 5.75 Å². The lowest BCUT2D eigenvalue weighted by atomic mass is 9.87. The minimum absolute atomic E-state index is 0.0508. The van der Waals surface area contributed by atoms with Gasteiger partial charge in [0.1, 0.15) is 5.75 Å². The van der Waals surface area contributed by atoms with Crippen LogP contribution in [0, 0.1) is 0 Å². The summed E-state index contributed by atoms with van der Waals surface area (Å²) in [5, 5.41) is 2.85. The summed E-state index contributed by atoms with van der Waals surface area (Å²) in [5.41, 5.74) is 2.11. The van der Waals surface area contributed by atoms with Crippen LogP contribution in [0.15, 0.2) is 54.6 Å². The van der Waals surface area contributed by atoms with Gasteiger partial charge in [0.15, 0.2) is 0 Å². The molecule has 0 aliphatic rings. The van der Waals surface area contributed by atoms with E-state index in [1.165, 1.54) is 12.5 Å². The van der Waals surface area contributed by atoms with E-state index in [4.69, 9.17) is 4.74 Å². The first-order valence-corrected chi connectivity index (χ1v) is 9.60. The molecule has 1 N–H and O–H groups in total. The van der Waals surface area contributed by atoms with Crippen LogP contribution in [0.3, 0.4) is 0 Å². The highest BCUT2D eigenvalue weighted by molar-refractivity contribution is 5.91. The van der Waals surface area contributed by atoms with E-state index >= 15 is 0 Å². The van der Waals surface area contributed by atoms with Crippen molar-refractivity contribution < 1.29 is 14.3 Å². The molecular formula is C23H30N2O3. The first-order valence-electron chi connectivity index (χ1n) is 9.60. The molecule has 2 rings (SSSR count). The molecule has 0 radical (unpaired) electrons. The fraction of sp³-hybridized carbons (Fsp3) is 0.391. The van der Waals surface area contributed by atoms with E-state index in [0.717, 1.165) is 11.4 Å². The van der Waals surface area contributed by atoms with E-state index in [1.807, 2.05) is 54.6 Å². The highest BCUT2D eigenvalue weighted by atomic mass is 16.5. The van der Waals surface area contributed by atoms with E-state index in [0.29, 0.717) is 19.7 Å². The largest absolute Gasteiger partial charge is 0.493 e. The number of ether oxygens (including phenoxy) is 1. The predicted octanol–water partition coefficient (Wildman–Crippen LogP) is 3.92. The lowest BCUT2D eigenvalue weighted by Crippen LogP contribution is -2.37. The van der Waals surface area contributed by atoms with Gasteiger partial charge in [0.05, 0.1) is 13.0 Å². The molecule has 2 aromatic carbocycles. The number of benzene rings is 2. The van der Waals surface area contributed by atoms with E-state index in [-0.39, 0.29) is 23.7 Å². The van der Waals surface area contributed by atoms with Crippen molar-refractivity contribution in [3.05, 3.63) is 60.2 Å². The first-order chi connectivity index (χ1) is 13.3. The molecule has 0 saturated heterocycles. The Balaban J connectivity index is 1.79. The van der Waals surface area contributed by atoms with E-state index in [1.54, 1.807) is 4.90 Å². The van der Waals surface area contributed by atoms with Crippen molar-refractivity contribution in [3.63, 3.8) is 0 Å². The summed E-state index contributed by atoms with van der Waals surface area (Å²) in [6.07, 6.45) is 0.273. The monoisotopic (exact) mass is 382 g/mol. The molecule has 0 heterocycles. The quantitative estimate of drug-likeness (QED) is 0.753. The Kier molecular flexibility index (Phi) is 7.61. The first kappa shape index (κ1) is 21.5. The number of nitrogens with zero attached hydrogens (tertiary/aromatic N) is 1. The molecule has 0 fully saturated rings. The number of amides is 2. The average Bonchev–Trinajstić information content (AvgIpc) is 2.65. The van der Waals surface area contributed by atoms with Gasteiger partial charge in [0, 0.05) is 25.7 Å². The molecule has 0 aromatic heterocycles. The summed E-state index contributed by atoms with van der Waals surface area (Å²) in [7, 11) is 0. The van der Waals surface area contributed by atoms with Crippen molar-refractivity contribution in [2.45, 2.75) is 39.5 Å². The van der Waals surface area contributed by atoms with Crippen LogP contribution < -0.4 is 15.0 Å². The second kappa shape index (κ2) is 9.93. The Hall–Kier alpha value is -2.82. The van der Waals surface area contributed by atoms with Crippen molar-refractivity contribution in [3.8, 4) is 5.75 Å². The van der Waals surface area contributed by atoms with Gasteiger partial charge in [-0.15, -0.1) is 0 Å². The fourth-order valence-corrected chi connectivity index (χ4v) is 2.78. The number of hydrogen-bond donors (Lipinski definition) is 1. The summed E-state index contributed by atoms with van der Waals surface area (Å²) in [4.78, 5) is 25.7. The smallest absolute Gasteiger partial charge is 0.223 e. The van der Waals surface area contributed by atoms with E-state index in [9.17, 15) is 9.59 Å². The van der Waals surface area contributed by atoms with Crippen LogP contribution in [0.1, 0.15) is 39.7 Å². The Morgan fingerprint density at radius 1 is 1.00 bits per heavy atom. The van der Waals surface area contributed by atoms with Crippen LogP contribution in [0.2, 0.25) is 0 Å². The van der Waals surface area contributed by atoms with Crippen LogP contribution in [-0.4, -0.2) is 31.5 Å². The molecule has 0 spiro atoms. The van der Waals surface area contributed by atoms with Crippen LogP contribution >= 0.6 is 0 Å². The van der Waals surface area contributed by atoms with Crippen molar-refractivity contribution in [1.82, 2.24) is 5.32 Å². The third-order valence-electron chi connectivity index (χ3n) is 4.42. The van der Waals surface area contributed by atoms with Crippen LogP contribution in [0.4, 0.5) is 5.69 Å². The van der Waals surface area contributed by atoms with Crippen molar-refractivity contribution >= 4 is 17.5 Å². The maximum atomic E-state index is 12.0. The third kappa shape index (κ3) is 6.72. The molecule has 0 aliphatic heterocycles. The molecule has 5 nitrogen and oxygen atoms in total. The summed E-state index contributed by atoms with van der Waals surface area (Å²) >= 11 is 0. The zero-order valence-electron chi connectivity index (χ0n) is 17.2. The van der Waals surface area contributed by atoms with Crippen molar-refractivity contribution in [2.75, 3.05) is 24.6 Å². The van der Waals surface area contributed by atoms with Gasteiger partial charge in [-0.2, -0.15) is 0 Å². The lowest BCUT2D eigenvalue weighted by Gasteiger charge is -2.24. The SMILES string of the molecule is CC(=O)N(CCNC(=O)CCOc1ccccc1)c1ccc(C(C)(C)C)cc1. The second-order valence-corrected chi connectivity index (χ2v) is 7.73. The van der Waals surface area contributed by atoms with E-state index < -0.39 is 0 Å². The minimum atomic E-state index is -0.0949. The Bertz CT molecular complexity index is 765. The molecule has 0 atom stereocenters. The normalized spacial score (nSPS) is 11.0. The highest BCUT2D eigenvalue weighted by Gasteiger charge is 2.16. The maximum absolute atomic E-state index is 12.0. The number of carbonyl (C=O) groups is 2. The second-order valence-electron chi connectivity index (χ2n) is 7.73. The Morgan fingerprint density at radius 2 is 1.64 bits per heavy atom. The molecule has 0 aliphatic carbocycles. The van der Waals surface area contributed by atoms with Gasteiger partial charge in [-0.3, -0.25) is 9.59 Å². The topological polar surface area (TPSA) is 58.6 Å². The predicted molar refractivity (Wildman–Crippen MR) is 113 cm³/mol. The molecule has 0 bridgehead atoms. The average molecular weight is 383 g/mol. The molecule has 0 saturated carbocycles. The number of nitrogens with one attached hydrogen (secondary N) is 1. The third-order valence-corrected chi connectivity index (χ3v) is 4.42. The van der Waals surface area contributed by atoms with Gasteiger partial charge in [0.2, 0.25) is 11.8 Å². The van der Waals surface area contributed by atoms with Gasteiger partial charge in [-0.1, -0.05) is 51.1 Å². The Morgan fingerprint density at radius 3 is 2.21 bits per heavy atom. The molecule has 0 unspecified atom stereocenters. The Labute approximate surface area is 167 Å². The molecule has 2 aromatic rings. The van der Waals surface area contributed by atoms with E-state index in [2.05, 4.69) is 26.1 Å². The molecule has 150 valence electrons. The minimum Gasteiger partial charge on any atom is -0.493 e. The van der Waals surface area contributed by atoms with Crippen LogP contribution in [-0.2, 0) is 15.0 Å². The number of para-hydroxylation sites is 1. The van der Waals surface area contributed by atoms with Gasteiger partial charge in [0.25, 0.3) is 0 Å². The van der Waals surface area contributed by atoms with Gasteiger partial charge in [-0.25, -0.2) is 0 Å². The van der Waals surface area contributed by atoms with Crippen molar-refractivity contribution in [2.24, 2.45) is 0 Å².